The Hall–Kier alpha value is -2.09. The maximum atomic E-state index is 13.3. The molecule has 0 unspecified atom stereocenters. The molecule has 3 rings (SSSR count). The third kappa shape index (κ3) is 6.95. The number of fused-ring (bicyclic) bond motifs is 1. The van der Waals surface area contributed by atoms with Gasteiger partial charge in [0.1, 0.15) is 5.78 Å². The molecule has 1 N–H and O–H groups in total. The molecule has 8 heteroatoms. The highest BCUT2D eigenvalue weighted by molar-refractivity contribution is 7.18. The summed E-state index contributed by atoms with van der Waals surface area (Å²) in [7, 11) is 0. The average molecular weight is 477 g/mol. The van der Waals surface area contributed by atoms with Gasteiger partial charge < -0.3 is 14.8 Å². The summed E-state index contributed by atoms with van der Waals surface area (Å²) in [5.41, 5.74) is 0.833. The van der Waals surface area contributed by atoms with E-state index in [-0.39, 0.29) is 35.9 Å². The number of Topliss-reactive ketones (excluding diaryl/α,β-unsaturated/α-hetero) is 1. The Kier molecular flexibility index (Phi) is 8.96. The minimum absolute atomic E-state index is 0.0373. The lowest BCUT2D eigenvalue weighted by Gasteiger charge is -2.32. The molecule has 1 aliphatic rings. The van der Waals surface area contributed by atoms with Crippen molar-refractivity contribution in [2.45, 2.75) is 51.5 Å². The molecule has 2 atom stereocenters. The van der Waals surface area contributed by atoms with Crippen LogP contribution in [0.4, 0.5) is 0 Å². The van der Waals surface area contributed by atoms with Crippen LogP contribution in [0.2, 0.25) is 5.02 Å². The van der Waals surface area contributed by atoms with E-state index in [1.807, 2.05) is 12.1 Å². The van der Waals surface area contributed by atoms with E-state index in [1.54, 1.807) is 6.07 Å². The zero-order chi connectivity index (χ0) is 23.1. The summed E-state index contributed by atoms with van der Waals surface area (Å²) in [5.74, 6) is -0.516. The third-order valence-corrected chi connectivity index (χ3v) is 7.09. The minimum Gasteiger partial charge on any atom is -0.381 e. The van der Waals surface area contributed by atoms with Crippen molar-refractivity contribution in [2.24, 2.45) is 11.8 Å². The number of carbonyl (C=O) groups excluding carboxylic acids is 3. The fourth-order valence-electron chi connectivity index (χ4n) is 4.09. The number of amides is 1. The number of carbonyl (C=O) groups is 3. The molecule has 0 aliphatic carbocycles. The first-order valence-electron chi connectivity index (χ1n) is 10.9. The van der Waals surface area contributed by atoms with E-state index in [9.17, 15) is 14.4 Å². The normalized spacial score (nSPS) is 16.4. The first kappa shape index (κ1) is 24.6. The largest absolute Gasteiger partial charge is 0.381 e. The summed E-state index contributed by atoms with van der Waals surface area (Å²) in [5, 5.41) is 4.59. The van der Waals surface area contributed by atoms with Gasteiger partial charge in [0.05, 0.1) is 21.1 Å². The Morgan fingerprint density at radius 3 is 2.78 bits per heavy atom. The summed E-state index contributed by atoms with van der Waals surface area (Å²) in [4.78, 5) is 41.6. The van der Waals surface area contributed by atoms with Crippen LogP contribution in [-0.4, -0.2) is 41.7 Å². The predicted octanol–water partition coefficient (Wildman–Crippen LogP) is 4.53. The van der Waals surface area contributed by atoms with E-state index >= 15 is 0 Å². The van der Waals surface area contributed by atoms with E-state index in [0.717, 1.165) is 28.1 Å². The van der Waals surface area contributed by atoms with Gasteiger partial charge in [0.15, 0.2) is 5.78 Å². The summed E-state index contributed by atoms with van der Waals surface area (Å²) in [6, 6.07) is 5.36. The van der Waals surface area contributed by atoms with Crippen LogP contribution in [-0.2, 0) is 25.5 Å². The van der Waals surface area contributed by atoms with Crippen molar-refractivity contribution in [2.75, 3.05) is 13.2 Å². The fraction of sp³-hybridized carbons (Fsp3) is 0.500. The first-order chi connectivity index (χ1) is 15.4. The van der Waals surface area contributed by atoms with E-state index in [2.05, 4.69) is 16.9 Å². The molecule has 1 fully saturated rings. The van der Waals surface area contributed by atoms with Crippen molar-refractivity contribution in [1.82, 2.24) is 10.3 Å². The monoisotopic (exact) mass is 476 g/mol. The number of ketones is 2. The van der Waals surface area contributed by atoms with E-state index in [4.69, 9.17) is 16.3 Å². The molecule has 1 saturated heterocycles. The van der Waals surface area contributed by atoms with Crippen LogP contribution in [0.25, 0.3) is 10.2 Å². The van der Waals surface area contributed by atoms with Crippen molar-refractivity contribution in [1.29, 1.82) is 0 Å². The summed E-state index contributed by atoms with van der Waals surface area (Å²) in [6.07, 6.45) is 4.41. The standard InChI is InChI=1S/C24H29ClN2O4S/c1-3-19(29)5-7-20(16-8-10-31-11-9-16)27-24(30)17(12-15(2)28)13-23-26-21-6-4-18(25)14-22(21)32-23/h3-4,6,14,16-17,20H,1,5,7-13H2,2H3,(H,27,30)/t17-,20+/m0/s1. The van der Waals surface area contributed by atoms with Crippen molar-refractivity contribution in [3.63, 3.8) is 0 Å². The van der Waals surface area contributed by atoms with Crippen LogP contribution in [0, 0.1) is 11.8 Å². The number of allylic oxidation sites excluding steroid dienone is 1. The van der Waals surface area contributed by atoms with Gasteiger partial charge in [-0.2, -0.15) is 0 Å². The second-order valence-electron chi connectivity index (χ2n) is 8.30. The zero-order valence-corrected chi connectivity index (χ0v) is 19.8. The van der Waals surface area contributed by atoms with E-state index < -0.39 is 5.92 Å². The molecule has 0 bridgehead atoms. The number of hydrogen-bond acceptors (Lipinski definition) is 6. The van der Waals surface area contributed by atoms with E-state index in [0.29, 0.717) is 37.5 Å². The lowest BCUT2D eigenvalue weighted by Crippen LogP contribution is -2.45. The molecule has 172 valence electrons. The van der Waals surface area contributed by atoms with Gasteiger partial charge in [-0.15, -0.1) is 11.3 Å². The number of halogens is 1. The smallest absolute Gasteiger partial charge is 0.224 e. The Bertz CT molecular complexity index is 984. The first-order valence-corrected chi connectivity index (χ1v) is 12.1. The second kappa shape index (κ2) is 11.7. The molecule has 1 aromatic heterocycles. The molecular formula is C24H29ClN2O4S. The summed E-state index contributed by atoms with van der Waals surface area (Å²) < 4.78 is 6.42. The van der Waals surface area contributed by atoms with Gasteiger partial charge in [-0.3, -0.25) is 9.59 Å². The molecule has 32 heavy (non-hydrogen) atoms. The molecule has 1 aliphatic heterocycles. The highest BCUT2D eigenvalue weighted by Crippen LogP contribution is 2.28. The highest BCUT2D eigenvalue weighted by Gasteiger charge is 2.29. The number of ether oxygens (including phenoxy) is 1. The molecule has 0 spiro atoms. The van der Waals surface area contributed by atoms with Gasteiger partial charge in [-0.25, -0.2) is 4.98 Å². The van der Waals surface area contributed by atoms with Gasteiger partial charge in [-0.05, 0) is 56.4 Å². The van der Waals surface area contributed by atoms with Crippen LogP contribution in [0.3, 0.4) is 0 Å². The summed E-state index contributed by atoms with van der Waals surface area (Å²) in [6.45, 7) is 6.33. The minimum atomic E-state index is -0.513. The Morgan fingerprint density at radius 1 is 1.34 bits per heavy atom. The van der Waals surface area contributed by atoms with Gasteiger partial charge >= 0.3 is 0 Å². The van der Waals surface area contributed by atoms with E-state index in [1.165, 1.54) is 24.3 Å². The molecule has 6 nitrogen and oxygen atoms in total. The van der Waals surface area contributed by atoms with Crippen LogP contribution in [0.15, 0.2) is 30.9 Å². The lowest BCUT2D eigenvalue weighted by atomic mass is 9.87. The molecule has 2 heterocycles. The number of benzene rings is 1. The quantitative estimate of drug-likeness (QED) is 0.481. The molecular weight excluding hydrogens is 448 g/mol. The molecule has 0 radical (unpaired) electrons. The van der Waals surface area contributed by atoms with Crippen LogP contribution in [0.5, 0.6) is 0 Å². The molecule has 1 aromatic carbocycles. The Balaban J connectivity index is 1.74. The predicted molar refractivity (Wildman–Crippen MR) is 127 cm³/mol. The maximum Gasteiger partial charge on any atom is 0.224 e. The van der Waals surface area contributed by atoms with Gasteiger partial charge in [0.2, 0.25) is 5.91 Å². The van der Waals surface area contributed by atoms with Gasteiger partial charge in [-0.1, -0.05) is 18.2 Å². The SMILES string of the molecule is C=CC(=O)CC[C@@H](NC(=O)[C@@H](CC(C)=O)Cc1nc2ccc(Cl)cc2s1)C1CCOCC1. The highest BCUT2D eigenvalue weighted by atomic mass is 35.5. The lowest BCUT2D eigenvalue weighted by molar-refractivity contribution is -0.130. The number of hydrogen-bond donors (Lipinski definition) is 1. The third-order valence-electron chi connectivity index (χ3n) is 5.81. The molecule has 2 aromatic rings. The van der Waals surface area contributed by atoms with Crippen LogP contribution < -0.4 is 5.32 Å². The maximum absolute atomic E-state index is 13.3. The molecule has 1 amide bonds. The van der Waals surface area contributed by atoms with Crippen molar-refractivity contribution in [3.8, 4) is 0 Å². The summed E-state index contributed by atoms with van der Waals surface area (Å²) >= 11 is 7.57. The topological polar surface area (TPSA) is 85.4 Å². The second-order valence-corrected chi connectivity index (χ2v) is 9.85. The zero-order valence-electron chi connectivity index (χ0n) is 18.3. The number of aromatic nitrogens is 1. The van der Waals surface area contributed by atoms with Crippen molar-refractivity contribution >= 4 is 50.6 Å². The van der Waals surface area contributed by atoms with Crippen LogP contribution in [0.1, 0.15) is 44.0 Å². The number of nitrogens with one attached hydrogen (secondary N) is 1. The molecule has 0 saturated carbocycles. The Labute approximate surface area is 197 Å². The Morgan fingerprint density at radius 2 is 2.09 bits per heavy atom. The average Bonchev–Trinajstić information content (AvgIpc) is 3.17. The fourth-order valence-corrected chi connectivity index (χ4v) is 5.42. The van der Waals surface area contributed by atoms with Gasteiger partial charge in [0, 0.05) is 43.5 Å². The van der Waals surface area contributed by atoms with Crippen LogP contribution >= 0.6 is 22.9 Å². The van der Waals surface area contributed by atoms with Crippen molar-refractivity contribution in [3.05, 3.63) is 40.9 Å². The van der Waals surface area contributed by atoms with Crippen molar-refractivity contribution < 1.29 is 19.1 Å². The number of thiazole rings is 1. The number of rotatable bonds is 11. The van der Waals surface area contributed by atoms with Gasteiger partial charge in [0.25, 0.3) is 0 Å². The number of nitrogens with zero attached hydrogens (tertiary/aromatic N) is 1.